The lowest BCUT2D eigenvalue weighted by molar-refractivity contribution is 0.0910. The minimum atomic E-state index is -0.568. The van der Waals surface area contributed by atoms with Crippen LogP contribution >= 0.6 is 0 Å². The summed E-state index contributed by atoms with van der Waals surface area (Å²) in [5, 5.41) is 3.03. The van der Waals surface area contributed by atoms with Crippen molar-refractivity contribution in [3.8, 4) is 0 Å². The zero-order chi connectivity index (χ0) is 17.5. The van der Waals surface area contributed by atoms with Gasteiger partial charge in [-0.1, -0.05) is 13.8 Å². The number of furan rings is 1. The number of hydrogen-bond donors (Lipinski definition) is 2. The fourth-order valence-corrected chi connectivity index (χ4v) is 3.22. The van der Waals surface area contributed by atoms with E-state index in [1.54, 1.807) is 0 Å². The van der Waals surface area contributed by atoms with E-state index in [4.69, 9.17) is 10.2 Å². The lowest BCUT2D eigenvalue weighted by atomic mass is 9.74. The van der Waals surface area contributed by atoms with Gasteiger partial charge in [0.2, 0.25) is 5.91 Å². The van der Waals surface area contributed by atoms with E-state index in [1.807, 2.05) is 13.0 Å². The molecule has 0 aromatic carbocycles. The first-order valence-corrected chi connectivity index (χ1v) is 7.91. The Morgan fingerprint density at radius 1 is 1.38 bits per heavy atom. The van der Waals surface area contributed by atoms with E-state index in [0.717, 1.165) is 29.9 Å². The molecule has 0 saturated carbocycles. The Morgan fingerprint density at radius 2 is 2.12 bits per heavy atom. The highest BCUT2D eigenvalue weighted by atomic mass is 16.3. The Balaban J connectivity index is 1.82. The number of amides is 2. The molecule has 1 aliphatic carbocycles. The fourth-order valence-electron chi connectivity index (χ4n) is 3.22. The summed E-state index contributed by atoms with van der Waals surface area (Å²) in [6.45, 7) is 6.23. The number of nitrogens with two attached hydrogens (primary N) is 1. The normalized spacial score (nSPS) is 18.7. The number of primary amides is 1. The van der Waals surface area contributed by atoms with Crippen molar-refractivity contribution in [1.82, 2.24) is 10.3 Å². The molecule has 0 aliphatic heterocycles. The van der Waals surface area contributed by atoms with Gasteiger partial charge >= 0.3 is 0 Å². The molecule has 2 heterocycles. The molecule has 3 N–H and O–H groups in total. The van der Waals surface area contributed by atoms with Crippen molar-refractivity contribution in [2.45, 2.75) is 39.7 Å². The molecule has 2 amide bonds. The third kappa shape index (κ3) is 3.18. The SMILES string of the molecule is Cc1cc2c(o1)CC(C)(C)CC2NC(=O)c1ccc(C(N)=O)cn1. The first-order chi connectivity index (χ1) is 11.2. The summed E-state index contributed by atoms with van der Waals surface area (Å²) >= 11 is 0. The van der Waals surface area contributed by atoms with E-state index in [2.05, 4.69) is 24.1 Å². The van der Waals surface area contributed by atoms with Crippen molar-refractivity contribution in [1.29, 1.82) is 0 Å². The molecule has 2 aromatic rings. The van der Waals surface area contributed by atoms with Gasteiger partial charge in [0.05, 0.1) is 11.6 Å². The van der Waals surface area contributed by atoms with E-state index in [9.17, 15) is 9.59 Å². The maximum Gasteiger partial charge on any atom is 0.270 e. The second-order valence-corrected chi connectivity index (χ2v) is 7.10. The molecule has 0 spiro atoms. The van der Waals surface area contributed by atoms with Gasteiger partial charge in [0.25, 0.3) is 5.91 Å². The van der Waals surface area contributed by atoms with Crippen LogP contribution in [-0.2, 0) is 6.42 Å². The van der Waals surface area contributed by atoms with Crippen LogP contribution in [0.5, 0.6) is 0 Å². The first kappa shape index (κ1) is 16.2. The minimum absolute atomic E-state index is 0.0402. The van der Waals surface area contributed by atoms with Crippen LogP contribution in [-0.4, -0.2) is 16.8 Å². The molecule has 1 unspecified atom stereocenters. The molecular weight excluding hydrogens is 306 g/mol. The van der Waals surface area contributed by atoms with Crippen molar-refractivity contribution in [3.63, 3.8) is 0 Å². The number of fused-ring (bicyclic) bond motifs is 1. The van der Waals surface area contributed by atoms with Crippen molar-refractivity contribution >= 4 is 11.8 Å². The number of aryl methyl sites for hydroxylation is 1. The number of nitrogens with one attached hydrogen (secondary N) is 1. The van der Waals surface area contributed by atoms with Crippen molar-refractivity contribution in [2.75, 3.05) is 0 Å². The molecule has 0 fully saturated rings. The Kier molecular flexibility index (Phi) is 3.91. The van der Waals surface area contributed by atoms with E-state index in [0.29, 0.717) is 0 Å². The van der Waals surface area contributed by atoms with Crippen LogP contribution in [0.3, 0.4) is 0 Å². The van der Waals surface area contributed by atoms with Crippen molar-refractivity contribution < 1.29 is 14.0 Å². The first-order valence-electron chi connectivity index (χ1n) is 7.91. The van der Waals surface area contributed by atoms with Gasteiger partial charge in [-0.3, -0.25) is 14.6 Å². The molecule has 0 saturated heterocycles. The highest BCUT2D eigenvalue weighted by Crippen LogP contribution is 2.42. The zero-order valence-electron chi connectivity index (χ0n) is 14.1. The number of carbonyl (C=O) groups excluding carboxylic acids is 2. The van der Waals surface area contributed by atoms with E-state index < -0.39 is 5.91 Å². The van der Waals surface area contributed by atoms with Crippen LogP contribution in [0, 0.1) is 12.3 Å². The Morgan fingerprint density at radius 3 is 2.75 bits per heavy atom. The maximum absolute atomic E-state index is 12.5. The van der Waals surface area contributed by atoms with E-state index >= 15 is 0 Å². The van der Waals surface area contributed by atoms with Gasteiger partial charge in [-0.05, 0) is 37.0 Å². The number of rotatable bonds is 3. The fraction of sp³-hybridized carbons (Fsp3) is 0.389. The summed E-state index contributed by atoms with van der Waals surface area (Å²) in [7, 11) is 0. The molecule has 2 aromatic heterocycles. The molecule has 0 bridgehead atoms. The molecule has 24 heavy (non-hydrogen) atoms. The third-order valence-corrected chi connectivity index (χ3v) is 4.32. The second kappa shape index (κ2) is 5.78. The average molecular weight is 327 g/mol. The highest BCUT2D eigenvalue weighted by molar-refractivity contribution is 5.95. The molecule has 6 heteroatoms. The minimum Gasteiger partial charge on any atom is -0.466 e. The highest BCUT2D eigenvalue weighted by Gasteiger charge is 2.35. The second-order valence-electron chi connectivity index (χ2n) is 7.10. The topological polar surface area (TPSA) is 98.2 Å². The van der Waals surface area contributed by atoms with Gasteiger partial charge in [-0.25, -0.2) is 0 Å². The zero-order valence-corrected chi connectivity index (χ0v) is 14.1. The van der Waals surface area contributed by atoms with E-state index in [1.165, 1.54) is 18.3 Å². The molecule has 126 valence electrons. The largest absolute Gasteiger partial charge is 0.466 e. The average Bonchev–Trinajstić information content (AvgIpc) is 2.86. The summed E-state index contributed by atoms with van der Waals surface area (Å²) in [6, 6.07) is 4.87. The number of aromatic nitrogens is 1. The molecule has 0 radical (unpaired) electrons. The molecule has 3 rings (SSSR count). The summed E-state index contributed by atoms with van der Waals surface area (Å²) in [6.07, 6.45) is 2.99. The molecular formula is C18H21N3O3. The van der Waals surface area contributed by atoms with Gasteiger partial charge in [0.15, 0.2) is 0 Å². The smallest absolute Gasteiger partial charge is 0.270 e. The van der Waals surface area contributed by atoms with Crippen LogP contribution in [0.15, 0.2) is 28.8 Å². The van der Waals surface area contributed by atoms with Crippen LogP contribution < -0.4 is 11.1 Å². The maximum atomic E-state index is 12.5. The quantitative estimate of drug-likeness (QED) is 0.905. The van der Waals surface area contributed by atoms with Gasteiger partial charge in [0.1, 0.15) is 17.2 Å². The van der Waals surface area contributed by atoms with Crippen LogP contribution in [0.1, 0.15) is 64.2 Å². The van der Waals surface area contributed by atoms with Crippen LogP contribution in [0.4, 0.5) is 0 Å². The van der Waals surface area contributed by atoms with Crippen LogP contribution in [0.25, 0.3) is 0 Å². The predicted octanol–water partition coefficient (Wildman–Crippen LogP) is 2.53. The Hall–Kier alpha value is -2.63. The van der Waals surface area contributed by atoms with Gasteiger partial charge in [-0.15, -0.1) is 0 Å². The number of nitrogens with zero attached hydrogens (tertiary/aromatic N) is 1. The summed E-state index contributed by atoms with van der Waals surface area (Å²) in [5.41, 5.74) is 6.79. The van der Waals surface area contributed by atoms with Gasteiger partial charge < -0.3 is 15.5 Å². The van der Waals surface area contributed by atoms with Crippen LogP contribution in [0.2, 0.25) is 0 Å². The molecule has 1 atom stereocenters. The lowest BCUT2D eigenvalue weighted by Crippen LogP contribution is -2.36. The standard InChI is InChI=1S/C18H21N3O3/c1-10-6-12-14(7-18(2,3)8-15(12)24-10)21-17(23)13-5-4-11(9-20-13)16(19)22/h4-6,9,14H,7-8H2,1-3H3,(H2,19,22)(H,21,23). The number of carbonyl (C=O) groups is 2. The monoisotopic (exact) mass is 327 g/mol. The molecule has 1 aliphatic rings. The van der Waals surface area contributed by atoms with Gasteiger partial charge in [-0.2, -0.15) is 0 Å². The predicted molar refractivity (Wildman–Crippen MR) is 88.5 cm³/mol. The Bertz CT molecular complexity index is 790. The number of pyridine rings is 1. The summed E-state index contributed by atoms with van der Waals surface area (Å²) in [5.74, 6) is 0.937. The summed E-state index contributed by atoms with van der Waals surface area (Å²) in [4.78, 5) is 27.6. The molecule has 6 nitrogen and oxygen atoms in total. The van der Waals surface area contributed by atoms with Gasteiger partial charge in [0, 0.05) is 18.2 Å². The van der Waals surface area contributed by atoms with E-state index in [-0.39, 0.29) is 28.6 Å². The summed E-state index contributed by atoms with van der Waals surface area (Å²) < 4.78 is 5.78. The van der Waals surface area contributed by atoms with Crippen molar-refractivity contribution in [2.24, 2.45) is 11.1 Å². The third-order valence-electron chi connectivity index (χ3n) is 4.32. The van der Waals surface area contributed by atoms with Crippen molar-refractivity contribution in [3.05, 3.63) is 52.7 Å². The lowest BCUT2D eigenvalue weighted by Gasteiger charge is -2.34. The Labute approximate surface area is 140 Å². The number of hydrogen-bond acceptors (Lipinski definition) is 4.